The minimum absolute atomic E-state index is 0.0132. The molecule has 0 saturated heterocycles. The second-order valence-electron chi connectivity index (χ2n) is 6.15. The highest BCUT2D eigenvalue weighted by Gasteiger charge is 2.15. The first-order valence-electron chi connectivity index (χ1n) is 8.09. The second kappa shape index (κ2) is 6.73. The van der Waals surface area contributed by atoms with Gasteiger partial charge in [-0.05, 0) is 39.8 Å². The van der Waals surface area contributed by atoms with Crippen molar-refractivity contribution in [3.05, 3.63) is 45.5 Å². The summed E-state index contributed by atoms with van der Waals surface area (Å²) in [6.07, 6.45) is 2.26. The Bertz CT molecular complexity index is 880. The highest BCUT2D eigenvalue weighted by Crippen LogP contribution is 2.24. The summed E-state index contributed by atoms with van der Waals surface area (Å²) in [5.41, 5.74) is 3.28. The van der Waals surface area contributed by atoms with Crippen LogP contribution in [0.1, 0.15) is 40.5 Å². The number of aryl methyl sites for hydroxylation is 4. The summed E-state index contributed by atoms with van der Waals surface area (Å²) in [4.78, 5) is 17.8. The molecule has 1 unspecified atom stereocenters. The first-order chi connectivity index (χ1) is 11.4. The van der Waals surface area contributed by atoms with Crippen molar-refractivity contribution in [3.63, 3.8) is 0 Å². The molecule has 0 spiro atoms. The highest BCUT2D eigenvalue weighted by atomic mass is 32.1. The van der Waals surface area contributed by atoms with E-state index in [1.807, 2.05) is 31.6 Å². The van der Waals surface area contributed by atoms with Crippen LogP contribution in [-0.4, -0.2) is 20.7 Å². The van der Waals surface area contributed by atoms with Crippen LogP contribution in [0.15, 0.2) is 24.4 Å². The van der Waals surface area contributed by atoms with Gasteiger partial charge in [-0.2, -0.15) is 5.10 Å². The number of fused-ring (bicyclic) bond motifs is 1. The molecule has 1 aromatic carbocycles. The maximum absolute atomic E-state index is 12.3. The molecule has 2 aromatic heterocycles. The van der Waals surface area contributed by atoms with Gasteiger partial charge in [0.2, 0.25) is 5.91 Å². The molecule has 6 heteroatoms. The number of carbonyl (C=O) groups is 1. The van der Waals surface area contributed by atoms with E-state index in [0.717, 1.165) is 26.5 Å². The van der Waals surface area contributed by atoms with Gasteiger partial charge in [0, 0.05) is 16.7 Å². The number of rotatable bonds is 5. The Kier molecular flexibility index (Phi) is 4.66. The number of thiazole rings is 1. The predicted molar refractivity (Wildman–Crippen MR) is 97.2 cm³/mol. The lowest BCUT2D eigenvalue weighted by molar-refractivity contribution is -0.121. The van der Waals surface area contributed by atoms with Gasteiger partial charge in [-0.1, -0.05) is 11.6 Å². The van der Waals surface area contributed by atoms with Crippen LogP contribution in [0.25, 0.3) is 10.9 Å². The molecule has 0 fully saturated rings. The van der Waals surface area contributed by atoms with Crippen molar-refractivity contribution in [2.75, 3.05) is 0 Å². The number of hydrogen-bond acceptors (Lipinski definition) is 4. The van der Waals surface area contributed by atoms with Crippen LogP contribution in [0.3, 0.4) is 0 Å². The van der Waals surface area contributed by atoms with Crippen molar-refractivity contribution >= 4 is 28.1 Å². The SMILES string of the molecule is Cc1ccc2c(cnn2CCC(=O)NC(C)c2sc(C)nc2C)c1. The Morgan fingerprint density at radius 2 is 2.12 bits per heavy atom. The topological polar surface area (TPSA) is 59.8 Å². The first-order valence-corrected chi connectivity index (χ1v) is 8.91. The van der Waals surface area contributed by atoms with Crippen LogP contribution >= 0.6 is 11.3 Å². The summed E-state index contributed by atoms with van der Waals surface area (Å²) in [5.74, 6) is 0.0312. The van der Waals surface area contributed by atoms with Gasteiger partial charge in [-0.3, -0.25) is 9.48 Å². The van der Waals surface area contributed by atoms with E-state index in [4.69, 9.17) is 0 Å². The number of carbonyl (C=O) groups excluding carboxylic acids is 1. The minimum atomic E-state index is -0.0132. The van der Waals surface area contributed by atoms with Crippen LogP contribution in [0.5, 0.6) is 0 Å². The molecule has 0 bridgehead atoms. The lowest BCUT2D eigenvalue weighted by Gasteiger charge is -2.13. The molecule has 5 nitrogen and oxygen atoms in total. The third kappa shape index (κ3) is 3.48. The standard InChI is InChI=1S/C18H22N4OS/c1-11-5-6-16-15(9-11)10-19-22(16)8-7-17(23)21-13(3)18-12(2)20-14(4)24-18/h5-6,9-10,13H,7-8H2,1-4H3,(H,21,23). The van der Waals surface area contributed by atoms with Crippen LogP contribution in [0.2, 0.25) is 0 Å². The molecular formula is C18H22N4OS. The molecule has 0 saturated carbocycles. The van der Waals surface area contributed by atoms with Gasteiger partial charge in [0.05, 0.1) is 35.0 Å². The smallest absolute Gasteiger partial charge is 0.222 e. The largest absolute Gasteiger partial charge is 0.349 e. The first kappa shape index (κ1) is 16.6. The number of amides is 1. The molecular weight excluding hydrogens is 320 g/mol. The third-order valence-corrected chi connectivity index (χ3v) is 5.31. The van der Waals surface area contributed by atoms with Crippen molar-refractivity contribution in [3.8, 4) is 0 Å². The Labute approximate surface area is 145 Å². The van der Waals surface area contributed by atoms with E-state index in [2.05, 4.69) is 40.5 Å². The fraction of sp³-hybridized carbons (Fsp3) is 0.389. The fourth-order valence-electron chi connectivity index (χ4n) is 2.92. The Hall–Kier alpha value is -2.21. The quantitative estimate of drug-likeness (QED) is 0.769. The van der Waals surface area contributed by atoms with Gasteiger partial charge in [-0.15, -0.1) is 11.3 Å². The van der Waals surface area contributed by atoms with Gasteiger partial charge < -0.3 is 5.32 Å². The van der Waals surface area contributed by atoms with E-state index in [1.165, 1.54) is 5.56 Å². The zero-order valence-electron chi connectivity index (χ0n) is 14.5. The monoisotopic (exact) mass is 342 g/mol. The number of benzene rings is 1. The van der Waals surface area contributed by atoms with Gasteiger partial charge in [0.15, 0.2) is 0 Å². The third-order valence-electron chi connectivity index (χ3n) is 4.06. The minimum Gasteiger partial charge on any atom is -0.349 e. The van der Waals surface area contributed by atoms with E-state index in [0.29, 0.717) is 13.0 Å². The van der Waals surface area contributed by atoms with Crippen LogP contribution in [-0.2, 0) is 11.3 Å². The van der Waals surface area contributed by atoms with Gasteiger partial charge in [0.25, 0.3) is 0 Å². The molecule has 1 amide bonds. The van der Waals surface area contributed by atoms with E-state index < -0.39 is 0 Å². The number of hydrogen-bond donors (Lipinski definition) is 1. The molecule has 2 heterocycles. The molecule has 1 N–H and O–H groups in total. The normalized spacial score (nSPS) is 12.5. The number of nitrogens with one attached hydrogen (secondary N) is 1. The lowest BCUT2D eigenvalue weighted by atomic mass is 10.2. The maximum Gasteiger partial charge on any atom is 0.222 e. The Morgan fingerprint density at radius 3 is 2.83 bits per heavy atom. The van der Waals surface area contributed by atoms with Crippen molar-refractivity contribution in [2.45, 2.75) is 46.7 Å². The highest BCUT2D eigenvalue weighted by molar-refractivity contribution is 7.11. The molecule has 0 aliphatic heterocycles. The molecule has 0 radical (unpaired) electrons. The zero-order chi connectivity index (χ0) is 17.3. The molecule has 3 rings (SSSR count). The molecule has 24 heavy (non-hydrogen) atoms. The van der Waals surface area contributed by atoms with E-state index in [9.17, 15) is 4.79 Å². The Morgan fingerprint density at radius 1 is 1.33 bits per heavy atom. The summed E-state index contributed by atoms with van der Waals surface area (Å²) < 4.78 is 1.89. The molecule has 0 aliphatic rings. The molecule has 3 aromatic rings. The van der Waals surface area contributed by atoms with Crippen LogP contribution in [0.4, 0.5) is 0 Å². The van der Waals surface area contributed by atoms with Crippen molar-refractivity contribution < 1.29 is 4.79 Å². The van der Waals surface area contributed by atoms with Crippen LogP contribution in [0, 0.1) is 20.8 Å². The summed E-state index contributed by atoms with van der Waals surface area (Å²) in [5, 5.41) is 9.59. The summed E-state index contributed by atoms with van der Waals surface area (Å²) >= 11 is 1.64. The lowest BCUT2D eigenvalue weighted by Crippen LogP contribution is -2.27. The van der Waals surface area contributed by atoms with Crippen molar-refractivity contribution in [1.82, 2.24) is 20.1 Å². The zero-order valence-corrected chi connectivity index (χ0v) is 15.3. The van der Waals surface area contributed by atoms with E-state index >= 15 is 0 Å². The molecule has 1 atom stereocenters. The number of aromatic nitrogens is 3. The number of nitrogens with zero attached hydrogens (tertiary/aromatic N) is 3. The van der Waals surface area contributed by atoms with Gasteiger partial charge in [-0.25, -0.2) is 4.98 Å². The van der Waals surface area contributed by atoms with Gasteiger partial charge in [0.1, 0.15) is 0 Å². The molecule has 126 valence electrons. The predicted octanol–water partition coefficient (Wildman–Crippen LogP) is 3.69. The van der Waals surface area contributed by atoms with Gasteiger partial charge >= 0.3 is 0 Å². The summed E-state index contributed by atoms with van der Waals surface area (Å²) in [7, 11) is 0. The average Bonchev–Trinajstić information content (AvgIpc) is 3.07. The van der Waals surface area contributed by atoms with E-state index in [-0.39, 0.29) is 11.9 Å². The fourth-order valence-corrected chi connectivity index (χ4v) is 3.85. The summed E-state index contributed by atoms with van der Waals surface area (Å²) in [6, 6.07) is 6.22. The average molecular weight is 342 g/mol. The maximum atomic E-state index is 12.3. The molecule has 0 aliphatic carbocycles. The second-order valence-corrected chi connectivity index (χ2v) is 7.39. The van der Waals surface area contributed by atoms with Crippen molar-refractivity contribution in [1.29, 1.82) is 0 Å². The summed E-state index contributed by atoms with van der Waals surface area (Å²) in [6.45, 7) is 8.62. The van der Waals surface area contributed by atoms with E-state index in [1.54, 1.807) is 11.3 Å². The Balaban J connectivity index is 1.61. The van der Waals surface area contributed by atoms with Crippen molar-refractivity contribution in [2.24, 2.45) is 0 Å². The van der Waals surface area contributed by atoms with Crippen LogP contribution < -0.4 is 5.32 Å².